The van der Waals surface area contributed by atoms with Crippen molar-refractivity contribution < 1.29 is 4.79 Å². The first-order valence-corrected chi connectivity index (χ1v) is 8.89. The summed E-state index contributed by atoms with van der Waals surface area (Å²) in [5.74, 6) is -0.0431. The number of aryl methyl sites for hydroxylation is 1. The summed E-state index contributed by atoms with van der Waals surface area (Å²) in [6.07, 6.45) is 4.59. The van der Waals surface area contributed by atoms with Gasteiger partial charge in [-0.1, -0.05) is 60.7 Å². The molecule has 0 bridgehead atoms. The van der Waals surface area contributed by atoms with Crippen LogP contribution >= 0.6 is 0 Å². The number of nitrogens with one attached hydrogen (secondary N) is 1. The Morgan fingerprint density at radius 3 is 2.40 bits per heavy atom. The summed E-state index contributed by atoms with van der Waals surface area (Å²) in [7, 11) is 0. The third-order valence-electron chi connectivity index (χ3n) is 4.90. The molecule has 3 aromatic carbocycles. The van der Waals surface area contributed by atoms with E-state index in [4.69, 9.17) is 0 Å². The van der Waals surface area contributed by atoms with E-state index in [2.05, 4.69) is 11.4 Å². The molecule has 124 valence electrons. The van der Waals surface area contributed by atoms with Gasteiger partial charge in [0.2, 0.25) is 0 Å². The van der Waals surface area contributed by atoms with Crippen LogP contribution in [0.1, 0.15) is 34.3 Å². The minimum atomic E-state index is -0.0431. The number of carbonyl (C=O) groups excluding carboxylic acids is 1. The highest BCUT2D eigenvalue weighted by Gasteiger charge is 2.17. The van der Waals surface area contributed by atoms with E-state index in [-0.39, 0.29) is 5.91 Å². The van der Waals surface area contributed by atoms with E-state index in [1.54, 1.807) is 0 Å². The third kappa shape index (κ3) is 3.20. The Hall–Kier alpha value is -2.87. The molecule has 1 aliphatic carbocycles. The van der Waals surface area contributed by atoms with Crippen molar-refractivity contribution in [2.24, 2.45) is 0 Å². The van der Waals surface area contributed by atoms with Crippen LogP contribution in [0.15, 0.2) is 72.8 Å². The quantitative estimate of drug-likeness (QED) is 0.677. The highest BCUT2D eigenvalue weighted by Crippen LogP contribution is 2.29. The Labute approximate surface area is 148 Å². The molecule has 1 amide bonds. The van der Waals surface area contributed by atoms with E-state index in [9.17, 15) is 4.79 Å². The topological polar surface area (TPSA) is 29.1 Å². The molecule has 0 atom stereocenters. The summed E-state index contributed by atoms with van der Waals surface area (Å²) in [5, 5.41) is 3.16. The monoisotopic (exact) mass is 327 g/mol. The lowest BCUT2D eigenvalue weighted by atomic mass is 9.90. The standard InChI is InChI=1S/C23H21NO/c25-23(24-22-16-8-12-18-11-4-5-14-20(18)22)21-15-7-6-13-19(21)17-9-2-1-3-10-17/h1-3,6-10,12-13,15-16H,4-5,11,14H2,(H,24,25). The van der Waals surface area contributed by atoms with Crippen LogP contribution in [0.5, 0.6) is 0 Å². The predicted octanol–water partition coefficient (Wildman–Crippen LogP) is 5.48. The second-order valence-corrected chi connectivity index (χ2v) is 6.52. The average Bonchev–Trinajstić information content (AvgIpc) is 2.69. The van der Waals surface area contributed by atoms with Gasteiger partial charge in [0.1, 0.15) is 0 Å². The van der Waals surface area contributed by atoms with E-state index in [1.165, 1.54) is 24.0 Å². The SMILES string of the molecule is O=C(Nc1cccc2c1CCCC2)c1ccccc1-c1ccccc1. The molecule has 2 heteroatoms. The predicted molar refractivity (Wildman–Crippen MR) is 103 cm³/mol. The van der Waals surface area contributed by atoms with Crippen molar-refractivity contribution in [2.45, 2.75) is 25.7 Å². The lowest BCUT2D eigenvalue weighted by Crippen LogP contribution is -2.16. The van der Waals surface area contributed by atoms with Gasteiger partial charge in [-0.2, -0.15) is 0 Å². The van der Waals surface area contributed by atoms with Gasteiger partial charge >= 0.3 is 0 Å². The Kier molecular flexibility index (Phi) is 4.34. The summed E-state index contributed by atoms with van der Waals surface area (Å²) in [6, 6.07) is 24.1. The molecule has 0 radical (unpaired) electrons. The Morgan fingerprint density at radius 1 is 0.760 bits per heavy atom. The van der Waals surface area contributed by atoms with Gasteiger partial charge in [-0.15, -0.1) is 0 Å². The van der Waals surface area contributed by atoms with Crippen LogP contribution < -0.4 is 5.32 Å². The van der Waals surface area contributed by atoms with Crippen molar-refractivity contribution in [1.82, 2.24) is 0 Å². The molecular formula is C23H21NO. The highest BCUT2D eigenvalue weighted by atomic mass is 16.1. The van der Waals surface area contributed by atoms with Crippen molar-refractivity contribution in [1.29, 1.82) is 0 Å². The average molecular weight is 327 g/mol. The maximum absolute atomic E-state index is 13.0. The number of fused-ring (bicyclic) bond motifs is 1. The van der Waals surface area contributed by atoms with Crippen LogP contribution in [0.3, 0.4) is 0 Å². The molecule has 0 heterocycles. The van der Waals surface area contributed by atoms with Crippen molar-refractivity contribution >= 4 is 11.6 Å². The van der Waals surface area contributed by atoms with E-state index in [0.717, 1.165) is 29.7 Å². The van der Waals surface area contributed by atoms with Crippen LogP contribution in [-0.4, -0.2) is 5.91 Å². The minimum absolute atomic E-state index is 0.0431. The van der Waals surface area contributed by atoms with Crippen molar-refractivity contribution in [3.8, 4) is 11.1 Å². The van der Waals surface area contributed by atoms with E-state index >= 15 is 0 Å². The molecule has 1 N–H and O–H groups in total. The summed E-state index contributed by atoms with van der Waals surface area (Å²) in [5.41, 5.74) is 6.38. The Morgan fingerprint density at radius 2 is 1.52 bits per heavy atom. The zero-order valence-corrected chi connectivity index (χ0v) is 14.2. The maximum atomic E-state index is 13.0. The van der Waals surface area contributed by atoms with Gasteiger partial charge in [-0.25, -0.2) is 0 Å². The fourth-order valence-electron chi connectivity index (χ4n) is 3.64. The molecule has 4 rings (SSSR count). The molecule has 0 unspecified atom stereocenters. The van der Waals surface area contributed by atoms with Crippen LogP contribution in [-0.2, 0) is 12.8 Å². The third-order valence-corrected chi connectivity index (χ3v) is 4.90. The summed E-state index contributed by atoms with van der Waals surface area (Å²) in [4.78, 5) is 13.0. The van der Waals surface area contributed by atoms with E-state index in [0.29, 0.717) is 5.56 Å². The van der Waals surface area contributed by atoms with Gasteiger partial charge in [-0.3, -0.25) is 4.79 Å². The molecule has 0 saturated heterocycles. The molecule has 0 saturated carbocycles. The molecule has 3 aromatic rings. The lowest BCUT2D eigenvalue weighted by molar-refractivity contribution is 0.102. The zero-order valence-electron chi connectivity index (χ0n) is 14.2. The summed E-state index contributed by atoms with van der Waals surface area (Å²) in [6.45, 7) is 0. The lowest BCUT2D eigenvalue weighted by Gasteiger charge is -2.20. The van der Waals surface area contributed by atoms with Gasteiger partial charge in [0.15, 0.2) is 0 Å². The molecule has 0 aliphatic heterocycles. The maximum Gasteiger partial charge on any atom is 0.256 e. The number of benzene rings is 3. The second kappa shape index (κ2) is 6.94. The van der Waals surface area contributed by atoms with Gasteiger partial charge in [0.05, 0.1) is 0 Å². The highest BCUT2D eigenvalue weighted by molar-refractivity contribution is 6.09. The first-order chi connectivity index (χ1) is 12.3. The van der Waals surface area contributed by atoms with Crippen molar-refractivity contribution in [2.75, 3.05) is 5.32 Å². The van der Waals surface area contributed by atoms with Gasteiger partial charge in [-0.05, 0) is 60.1 Å². The van der Waals surface area contributed by atoms with Crippen molar-refractivity contribution in [3.05, 3.63) is 89.5 Å². The number of rotatable bonds is 3. The number of hydrogen-bond acceptors (Lipinski definition) is 1. The van der Waals surface area contributed by atoms with E-state index < -0.39 is 0 Å². The fraction of sp³-hybridized carbons (Fsp3) is 0.174. The molecule has 25 heavy (non-hydrogen) atoms. The zero-order chi connectivity index (χ0) is 17.1. The van der Waals surface area contributed by atoms with Gasteiger partial charge < -0.3 is 5.32 Å². The molecular weight excluding hydrogens is 306 g/mol. The fourth-order valence-corrected chi connectivity index (χ4v) is 3.64. The number of carbonyl (C=O) groups is 1. The molecule has 2 nitrogen and oxygen atoms in total. The smallest absolute Gasteiger partial charge is 0.256 e. The van der Waals surface area contributed by atoms with Gasteiger partial charge in [0.25, 0.3) is 5.91 Å². The largest absolute Gasteiger partial charge is 0.322 e. The molecule has 0 aromatic heterocycles. The first kappa shape index (κ1) is 15.6. The van der Waals surface area contributed by atoms with Crippen LogP contribution in [0.2, 0.25) is 0 Å². The van der Waals surface area contributed by atoms with Crippen molar-refractivity contribution in [3.63, 3.8) is 0 Å². The Bertz CT molecular complexity index is 899. The minimum Gasteiger partial charge on any atom is -0.322 e. The van der Waals surface area contributed by atoms with E-state index in [1.807, 2.05) is 66.7 Å². The second-order valence-electron chi connectivity index (χ2n) is 6.52. The van der Waals surface area contributed by atoms with Crippen LogP contribution in [0.25, 0.3) is 11.1 Å². The molecule has 1 aliphatic rings. The Balaban J connectivity index is 1.67. The number of anilines is 1. The summed E-state index contributed by atoms with van der Waals surface area (Å²) >= 11 is 0. The molecule has 0 spiro atoms. The first-order valence-electron chi connectivity index (χ1n) is 8.89. The van der Waals surface area contributed by atoms with Gasteiger partial charge in [0, 0.05) is 11.3 Å². The van der Waals surface area contributed by atoms with Crippen LogP contribution in [0, 0.1) is 0 Å². The summed E-state index contributed by atoms with van der Waals surface area (Å²) < 4.78 is 0. The van der Waals surface area contributed by atoms with Crippen LogP contribution in [0.4, 0.5) is 5.69 Å². The number of hydrogen-bond donors (Lipinski definition) is 1. The number of amides is 1. The molecule has 0 fully saturated rings. The normalized spacial score (nSPS) is 13.1.